The molecule has 1 aromatic rings. The first-order chi connectivity index (χ1) is 8.58. The number of nitrogens with zero attached hydrogens (tertiary/aromatic N) is 1. The van der Waals surface area contributed by atoms with E-state index < -0.39 is 11.0 Å². The molecule has 2 atom stereocenters. The SMILES string of the molecule is C[C@@H]1OCN[C@@H]1C(=O)Nc1ccc([N+](=O)[O-])cc1. The summed E-state index contributed by atoms with van der Waals surface area (Å²) in [5, 5.41) is 16.1. The summed E-state index contributed by atoms with van der Waals surface area (Å²) >= 11 is 0. The van der Waals surface area contributed by atoms with Gasteiger partial charge in [0.2, 0.25) is 5.91 Å². The van der Waals surface area contributed by atoms with Crippen molar-refractivity contribution < 1.29 is 14.5 Å². The largest absolute Gasteiger partial charge is 0.361 e. The third-order valence-electron chi connectivity index (χ3n) is 2.75. The van der Waals surface area contributed by atoms with Gasteiger partial charge < -0.3 is 10.1 Å². The summed E-state index contributed by atoms with van der Waals surface area (Å²) in [6.45, 7) is 2.15. The zero-order valence-corrected chi connectivity index (χ0v) is 9.75. The van der Waals surface area contributed by atoms with E-state index in [1.165, 1.54) is 24.3 Å². The van der Waals surface area contributed by atoms with E-state index in [0.29, 0.717) is 12.4 Å². The van der Waals surface area contributed by atoms with Crippen LogP contribution in [0.1, 0.15) is 6.92 Å². The fraction of sp³-hybridized carbons (Fsp3) is 0.364. The van der Waals surface area contributed by atoms with E-state index in [4.69, 9.17) is 4.74 Å². The lowest BCUT2D eigenvalue weighted by Crippen LogP contribution is -2.41. The number of nitrogens with one attached hydrogen (secondary N) is 2. The lowest BCUT2D eigenvalue weighted by atomic mass is 10.2. The Morgan fingerprint density at radius 1 is 1.50 bits per heavy atom. The number of amides is 1. The smallest absolute Gasteiger partial charge is 0.269 e. The van der Waals surface area contributed by atoms with Crippen LogP contribution in [0.2, 0.25) is 0 Å². The molecular formula is C11H13N3O4. The number of carbonyl (C=O) groups excluding carboxylic acids is 1. The van der Waals surface area contributed by atoms with Gasteiger partial charge in [0.05, 0.1) is 17.8 Å². The normalized spacial score (nSPS) is 22.7. The Bertz CT molecular complexity index is 460. The number of ether oxygens (including phenoxy) is 1. The lowest BCUT2D eigenvalue weighted by Gasteiger charge is -2.13. The van der Waals surface area contributed by atoms with Crippen molar-refractivity contribution in [1.29, 1.82) is 0 Å². The lowest BCUT2D eigenvalue weighted by molar-refractivity contribution is -0.384. The van der Waals surface area contributed by atoms with E-state index in [1.54, 1.807) is 6.92 Å². The molecule has 0 saturated carbocycles. The number of non-ortho nitro benzene ring substituents is 1. The Morgan fingerprint density at radius 2 is 2.17 bits per heavy atom. The molecule has 1 fully saturated rings. The average molecular weight is 251 g/mol. The van der Waals surface area contributed by atoms with Crippen LogP contribution in [-0.2, 0) is 9.53 Å². The van der Waals surface area contributed by atoms with Crippen molar-refractivity contribution in [2.45, 2.75) is 19.1 Å². The third kappa shape index (κ3) is 2.63. The molecule has 96 valence electrons. The van der Waals surface area contributed by atoms with E-state index in [9.17, 15) is 14.9 Å². The molecule has 0 unspecified atom stereocenters. The molecule has 1 aliphatic rings. The molecule has 7 heteroatoms. The highest BCUT2D eigenvalue weighted by Crippen LogP contribution is 2.16. The molecular weight excluding hydrogens is 238 g/mol. The Morgan fingerprint density at radius 3 is 2.67 bits per heavy atom. The summed E-state index contributed by atoms with van der Waals surface area (Å²) < 4.78 is 5.21. The first kappa shape index (κ1) is 12.5. The Hall–Kier alpha value is -1.99. The zero-order chi connectivity index (χ0) is 13.1. The number of hydrogen-bond donors (Lipinski definition) is 2. The van der Waals surface area contributed by atoms with Gasteiger partial charge in [0.25, 0.3) is 5.69 Å². The van der Waals surface area contributed by atoms with Crippen molar-refractivity contribution in [3.8, 4) is 0 Å². The Labute approximate surface area is 103 Å². The van der Waals surface area contributed by atoms with E-state index in [-0.39, 0.29) is 17.7 Å². The Kier molecular flexibility index (Phi) is 3.54. The van der Waals surface area contributed by atoms with Gasteiger partial charge >= 0.3 is 0 Å². The fourth-order valence-electron chi connectivity index (χ4n) is 1.72. The zero-order valence-electron chi connectivity index (χ0n) is 9.75. The molecule has 2 N–H and O–H groups in total. The Balaban J connectivity index is 2.00. The molecule has 0 aromatic heterocycles. The number of hydrogen-bond acceptors (Lipinski definition) is 5. The maximum Gasteiger partial charge on any atom is 0.269 e. The van der Waals surface area contributed by atoms with Gasteiger partial charge in [0, 0.05) is 17.8 Å². The molecule has 0 bridgehead atoms. The molecule has 0 aliphatic carbocycles. The highest BCUT2D eigenvalue weighted by atomic mass is 16.6. The minimum absolute atomic E-state index is 0.0105. The average Bonchev–Trinajstić information content (AvgIpc) is 2.76. The molecule has 2 rings (SSSR count). The monoisotopic (exact) mass is 251 g/mol. The summed E-state index contributed by atoms with van der Waals surface area (Å²) in [7, 11) is 0. The van der Waals surface area contributed by atoms with E-state index in [1.807, 2.05) is 0 Å². The van der Waals surface area contributed by atoms with Crippen molar-refractivity contribution in [3.05, 3.63) is 34.4 Å². The maximum atomic E-state index is 11.9. The van der Waals surface area contributed by atoms with Gasteiger partial charge in [-0.3, -0.25) is 20.2 Å². The predicted octanol–water partition coefficient (Wildman–Crippen LogP) is 0.868. The van der Waals surface area contributed by atoms with Gasteiger partial charge in [0.1, 0.15) is 6.04 Å². The standard InChI is InChI=1S/C11H13N3O4/c1-7-10(12-6-18-7)11(15)13-8-2-4-9(5-3-8)14(16)17/h2-5,7,10,12H,6H2,1H3,(H,13,15)/t7-,10-/m0/s1. The molecule has 7 nitrogen and oxygen atoms in total. The molecule has 18 heavy (non-hydrogen) atoms. The van der Waals surface area contributed by atoms with Gasteiger partial charge in [-0.2, -0.15) is 0 Å². The van der Waals surface area contributed by atoms with Crippen LogP contribution in [0.4, 0.5) is 11.4 Å². The maximum absolute atomic E-state index is 11.9. The van der Waals surface area contributed by atoms with E-state index >= 15 is 0 Å². The number of anilines is 1. The van der Waals surface area contributed by atoms with Gasteiger partial charge in [-0.1, -0.05) is 0 Å². The van der Waals surface area contributed by atoms with Crippen molar-refractivity contribution in [1.82, 2.24) is 5.32 Å². The predicted molar refractivity (Wildman–Crippen MR) is 64.1 cm³/mol. The highest BCUT2D eigenvalue weighted by Gasteiger charge is 2.30. The van der Waals surface area contributed by atoms with Crippen molar-refractivity contribution in [2.24, 2.45) is 0 Å². The van der Waals surface area contributed by atoms with Crippen LogP contribution >= 0.6 is 0 Å². The quantitative estimate of drug-likeness (QED) is 0.614. The number of rotatable bonds is 3. The minimum atomic E-state index is -0.486. The van der Waals surface area contributed by atoms with Crippen LogP contribution in [0.5, 0.6) is 0 Å². The second kappa shape index (κ2) is 5.11. The second-order valence-corrected chi connectivity index (χ2v) is 3.99. The van der Waals surface area contributed by atoms with Crippen molar-refractivity contribution >= 4 is 17.3 Å². The number of carbonyl (C=O) groups is 1. The second-order valence-electron chi connectivity index (χ2n) is 3.99. The molecule has 1 heterocycles. The first-order valence-corrected chi connectivity index (χ1v) is 5.48. The van der Waals surface area contributed by atoms with Gasteiger partial charge in [0.15, 0.2) is 0 Å². The van der Waals surface area contributed by atoms with Crippen LogP contribution in [0.3, 0.4) is 0 Å². The fourth-order valence-corrected chi connectivity index (χ4v) is 1.72. The van der Waals surface area contributed by atoms with Gasteiger partial charge in [-0.05, 0) is 19.1 Å². The van der Waals surface area contributed by atoms with Crippen LogP contribution in [0.15, 0.2) is 24.3 Å². The molecule has 1 aliphatic heterocycles. The molecule has 0 spiro atoms. The highest BCUT2D eigenvalue weighted by molar-refractivity contribution is 5.95. The summed E-state index contributed by atoms with van der Waals surface area (Å²) in [5.74, 6) is -0.214. The molecule has 1 saturated heterocycles. The molecule has 1 amide bonds. The third-order valence-corrected chi connectivity index (χ3v) is 2.75. The number of nitro groups is 1. The molecule has 1 aromatic carbocycles. The molecule has 0 radical (unpaired) electrons. The van der Waals surface area contributed by atoms with Gasteiger partial charge in [-0.25, -0.2) is 0 Å². The minimum Gasteiger partial charge on any atom is -0.361 e. The summed E-state index contributed by atoms with van der Waals surface area (Å²) in [5.41, 5.74) is 0.509. The number of nitro benzene ring substituents is 1. The van der Waals surface area contributed by atoms with Crippen LogP contribution in [0, 0.1) is 10.1 Å². The summed E-state index contributed by atoms with van der Waals surface area (Å²) in [6.07, 6.45) is -0.192. The first-order valence-electron chi connectivity index (χ1n) is 5.48. The number of benzene rings is 1. The van der Waals surface area contributed by atoms with Gasteiger partial charge in [-0.15, -0.1) is 0 Å². The van der Waals surface area contributed by atoms with Crippen molar-refractivity contribution in [3.63, 3.8) is 0 Å². The van der Waals surface area contributed by atoms with Crippen LogP contribution < -0.4 is 10.6 Å². The van der Waals surface area contributed by atoms with E-state index in [0.717, 1.165) is 0 Å². The van der Waals surface area contributed by atoms with Crippen LogP contribution in [-0.4, -0.2) is 29.7 Å². The summed E-state index contributed by atoms with van der Waals surface area (Å²) in [4.78, 5) is 21.8. The summed E-state index contributed by atoms with van der Waals surface area (Å²) in [6, 6.07) is 5.28. The van der Waals surface area contributed by atoms with Crippen LogP contribution in [0.25, 0.3) is 0 Å². The van der Waals surface area contributed by atoms with E-state index in [2.05, 4.69) is 10.6 Å². The topological polar surface area (TPSA) is 93.5 Å². The van der Waals surface area contributed by atoms with Crippen molar-refractivity contribution in [2.75, 3.05) is 12.0 Å².